The highest BCUT2D eigenvalue weighted by Gasteiger charge is 2.24. The van der Waals surface area contributed by atoms with Gasteiger partial charge in [0.2, 0.25) is 11.8 Å². The van der Waals surface area contributed by atoms with E-state index in [2.05, 4.69) is 46.2 Å². The summed E-state index contributed by atoms with van der Waals surface area (Å²) in [6.45, 7) is 10.4. The molecule has 2 fully saturated rings. The van der Waals surface area contributed by atoms with Crippen LogP contribution in [0.2, 0.25) is 0 Å². The van der Waals surface area contributed by atoms with Crippen molar-refractivity contribution in [3.05, 3.63) is 68.5 Å². The number of nitrogens with zero attached hydrogens (tertiary/aromatic N) is 4. The molecule has 0 unspecified atom stereocenters. The molecule has 2 aliphatic heterocycles. The number of hydrogen-bond acceptors (Lipinski definition) is 8. The average Bonchev–Trinajstić information content (AvgIpc) is 3.31. The Labute approximate surface area is 260 Å². The number of hydrogen-bond donors (Lipinski definition) is 1. The maximum Gasteiger partial charge on any atom is 0.219 e. The lowest BCUT2D eigenvalue weighted by molar-refractivity contribution is -0.131. The van der Waals surface area contributed by atoms with Crippen molar-refractivity contribution in [2.24, 2.45) is 0 Å². The van der Waals surface area contributed by atoms with Gasteiger partial charge in [-0.05, 0) is 23.3 Å². The van der Waals surface area contributed by atoms with E-state index in [1.54, 1.807) is 34.5 Å². The van der Waals surface area contributed by atoms with Crippen LogP contribution in [0.15, 0.2) is 42.5 Å². The monoisotopic (exact) mass is 632 g/mol. The lowest BCUT2D eigenvalue weighted by Crippen LogP contribution is -2.47. The molecule has 7 nitrogen and oxygen atoms in total. The summed E-state index contributed by atoms with van der Waals surface area (Å²) in [6, 6.07) is 14.7. The lowest BCUT2D eigenvalue weighted by Gasteiger charge is -2.35. The number of carbonyl (C=O) groups excluding carboxylic acids is 2. The van der Waals surface area contributed by atoms with E-state index < -0.39 is 0 Å². The van der Waals surface area contributed by atoms with Crippen LogP contribution >= 0.6 is 45.3 Å². The van der Waals surface area contributed by atoms with Crippen molar-refractivity contribution in [1.29, 1.82) is 0 Å². The highest BCUT2D eigenvalue weighted by Crippen LogP contribution is 2.40. The molecule has 0 aliphatic carbocycles. The number of phenolic OH excluding ortho intramolecular Hbond substituents is 1. The Kier molecular flexibility index (Phi) is 11.0. The average molecular weight is 633 g/mol. The van der Waals surface area contributed by atoms with Crippen LogP contribution in [0.1, 0.15) is 36.1 Å². The maximum absolute atomic E-state index is 11.8. The molecule has 2 aliphatic rings. The smallest absolute Gasteiger partial charge is 0.219 e. The number of aromatic hydroxyl groups is 1. The second-order valence-electron chi connectivity index (χ2n) is 10.6. The quantitative estimate of drug-likeness (QED) is 0.284. The maximum atomic E-state index is 11.8. The van der Waals surface area contributed by atoms with Crippen LogP contribution < -0.4 is 0 Å². The van der Waals surface area contributed by atoms with Crippen molar-refractivity contribution in [3.8, 4) is 16.2 Å². The van der Waals surface area contributed by atoms with Gasteiger partial charge in [0.1, 0.15) is 9.57 Å². The third kappa shape index (κ3) is 7.74. The van der Waals surface area contributed by atoms with E-state index >= 15 is 0 Å². The summed E-state index contributed by atoms with van der Waals surface area (Å²) in [6.07, 6.45) is 0.778. The van der Waals surface area contributed by atoms with Crippen molar-refractivity contribution in [3.63, 3.8) is 0 Å². The van der Waals surface area contributed by atoms with Gasteiger partial charge in [0.15, 0.2) is 0 Å². The zero-order valence-corrected chi connectivity index (χ0v) is 26.8. The molecular weight excluding hydrogens is 596 g/mol. The van der Waals surface area contributed by atoms with Crippen molar-refractivity contribution < 1.29 is 14.7 Å². The zero-order chi connectivity index (χ0) is 28.2. The number of halogens is 1. The van der Waals surface area contributed by atoms with Crippen LogP contribution in [0, 0.1) is 3.82 Å². The van der Waals surface area contributed by atoms with Crippen LogP contribution in [0.5, 0.6) is 5.75 Å². The number of carbonyl (C=O) groups is 2. The first-order valence-corrected chi connectivity index (χ1v) is 16.3. The highest BCUT2D eigenvalue weighted by atomic mass is 35.5. The van der Waals surface area contributed by atoms with Crippen molar-refractivity contribution >= 4 is 57.1 Å². The second kappa shape index (κ2) is 14.2. The molecule has 0 spiro atoms. The molecule has 2 saturated heterocycles. The van der Waals surface area contributed by atoms with E-state index in [1.165, 1.54) is 16.0 Å². The highest BCUT2D eigenvalue weighted by molar-refractivity contribution is 7.80. The van der Waals surface area contributed by atoms with Gasteiger partial charge in [0.25, 0.3) is 0 Å². The van der Waals surface area contributed by atoms with E-state index in [-0.39, 0.29) is 24.2 Å². The Balaban J connectivity index is 0.00000387. The molecule has 5 rings (SSSR count). The number of phenols is 1. The van der Waals surface area contributed by atoms with E-state index in [4.69, 9.17) is 12.2 Å². The predicted octanol–water partition coefficient (Wildman–Crippen LogP) is 5.25. The number of rotatable bonds is 7. The molecule has 41 heavy (non-hydrogen) atoms. The van der Waals surface area contributed by atoms with Crippen LogP contribution in [-0.2, 0) is 29.1 Å². The van der Waals surface area contributed by atoms with Gasteiger partial charge in [-0.2, -0.15) is 0 Å². The second-order valence-corrected chi connectivity index (χ2v) is 13.4. The van der Waals surface area contributed by atoms with Gasteiger partial charge in [0, 0.05) is 102 Å². The Morgan fingerprint density at radius 3 is 1.76 bits per heavy atom. The van der Waals surface area contributed by atoms with Crippen LogP contribution in [0.3, 0.4) is 0 Å². The molecule has 220 valence electrons. The lowest BCUT2D eigenvalue weighted by atomic mass is 9.98. The number of piperazine rings is 2. The molecule has 0 radical (unpaired) electrons. The first-order chi connectivity index (χ1) is 19.3. The molecule has 3 heterocycles. The zero-order valence-electron chi connectivity index (χ0n) is 23.5. The molecule has 0 atom stereocenters. The Morgan fingerprint density at radius 1 is 0.805 bits per heavy atom. The molecule has 2 amide bonds. The molecule has 3 aromatic rings. The molecule has 0 saturated carbocycles. The summed E-state index contributed by atoms with van der Waals surface area (Å²) in [7, 11) is 3.35. The number of amides is 2. The van der Waals surface area contributed by atoms with Gasteiger partial charge in [0.05, 0.1) is 4.88 Å². The van der Waals surface area contributed by atoms with E-state index in [0.29, 0.717) is 45.0 Å². The van der Waals surface area contributed by atoms with Crippen LogP contribution in [0.25, 0.3) is 10.4 Å². The minimum atomic E-state index is 0. The summed E-state index contributed by atoms with van der Waals surface area (Å²) in [5.41, 5.74) is 5.30. The van der Waals surface area contributed by atoms with Crippen molar-refractivity contribution in [2.75, 3.05) is 52.4 Å². The topological polar surface area (TPSA) is 67.3 Å². The summed E-state index contributed by atoms with van der Waals surface area (Å²) >= 11 is 5.79. The Morgan fingerprint density at radius 2 is 1.29 bits per heavy atom. The van der Waals surface area contributed by atoms with Gasteiger partial charge in [-0.1, -0.05) is 63.2 Å². The predicted molar refractivity (Wildman–Crippen MR) is 172 cm³/mol. The summed E-state index contributed by atoms with van der Waals surface area (Å²) in [5, 5.41) is 11.5. The standard InChI is InChI=1S/C30H36N4O3S3.ClH/c1-21(35)33-12-8-31(9-13-33)19-25-17-24(29-27(30(38)40-39-29)16-23-6-4-3-5-7-23)18-26(28(25)37)20-32-10-14-34(15-11-32)22(2)36;/h3-7,17-18,37H,8-16,19-20H2,1-2H3;1H. The third-order valence-corrected chi connectivity index (χ3v) is 11.1. The van der Waals surface area contributed by atoms with E-state index in [0.717, 1.165) is 53.1 Å². The Bertz CT molecular complexity index is 1350. The third-order valence-electron chi connectivity index (χ3n) is 7.90. The SMILES string of the molecule is CC(=O)N1CCN(Cc2cc(-c3ssc(=S)c3Cc3ccccc3)cc(CN3CCN(C(C)=O)CC3)c2O)CC1.Cl. The van der Waals surface area contributed by atoms with Gasteiger partial charge >= 0.3 is 0 Å². The van der Waals surface area contributed by atoms with Crippen molar-refractivity contribution in [2.45, 2.75) is 33.4 Å². The molecule has 2 aromatic carbocycles. The van der Waals surface area contributed by atoms with Gasteiger partial charge in [-0.3, -0.25) is 19.4 Å². The normalized spacial score (nSPS) is 16.4. The number of benzene rings is 2. The fraction of sp³-hybridized carbons (Fsp3) is 0.433. The summed E-state index contributed by atoms with van der Waals surface area (Å²) in [4.78, 5) is 33.2. The molecular formula is C30H37ClN4O3S3. The minimum absolute atomic E-state index is 0. The molecule has 1 aromatic heterocycles. The molecule has 0 bridgehead atoms. The van der Waals surface area contributed by atoms with Gasteiger partial charge in [-0.25, -0.2) is 0 Å². The molecule has 1 N–H and O–H groups in total. The van der Waals surface area contributed by atoms with E-state index in [9.17, 15) is 14.7 Å². The first-order valence-electron chi connectivity index (χ1n) is 13.7. The largest absolute Gasteiger partial charge is 0.507 e. The Hall–Kier alpha value is -2.34. The first kappa shape index (κ1) is 31.6. The minimum Gasteiger partial charge on any atom is -0.507 e. The summed E-state index contributed by atoms with van der Waals surface area (Å²) < 4.78 is 0.917. The molecule has 11 heteroatoms. The summed E-state index contributed by atoms with van der Waals surface area (Å²) in [5.74, 6) is 0.567. The van der Waals surface area contributed by atoms with Gasteiger partial charge < -0.3 is 14.9 Å². The van der Waals surface area contributed by atoms with Crippen LogP contribution in [0.4, 0.5) is 0 Å². The van der Waals surface area contributed by atoms with Crippen molar-refractivity contribution in [1.82, 2.24) is 19.6 Å². The fourth-order valence-corrected chi connectivity index (χ4v) is 8.40. The van der Waals surface area contributed by atoms with Gasteiger partial charge in [-0.15, -0.1) is 12.4 Å². The van der Waals surface area contributed by atoms with E-state index in [1.807, 2.05) is 15.9 Å². The fourth-order valence-electron chi connectivity index (χ4n) is 5.50. The van der Waals surface area contributed by atoms with Crippen LogP contribution in [-0.4, -0.2) is 88.9 Å².